The molecule has 0 aromatic heterocycles. The van der Waals surface area contributed by atoms with Gasteiger partial charge >= 0.3 is 29.6 Å². The van der Waals surface area contributed by atoms with E-state index in [-0.39, 0.29) is 37.4 Å². The van der Waals surface area contributed by atoms with Crippen LogP contribution >= 0.6 is 0 Å². The topological polar surface area (TPSA) is 40.9 Å². The minimum Gasteiger partial charge on any atom is -0.307 e. The van der Waals surface area contributed by atoms with Crippen LogP contribution in [0.25, 0.3) is 0 Å². The molecule has 0 aliphatic carbocycles. The Morgan fingerprint density at radius 1 is 1.67 bits per heavy atom. The molecule has 4 heteroatoms. The molecule has 0 rings (SSSR count). The van der Waals surface area contributed by atoms with Gasteiger partial charge < -0.3 is 4.79 Å². The van der Waals surface area contributed by atoms with Gasteiger partial charge in [-0.1, -0.05) is 0 Å². The molecule has 0 aliphatic rings. The van der Waals surface area contributed by atoms with E-state index in [1.807, 2.05) is 12.8 Å². The third-order valence-corrected chi connectivity index (χ3v) is 0. The Morgan fingerprint density at radius 2 is 1.67 bits per heavy atom. The average Bonchev–Trinajstić information content (AvgIpc) is 1.46. The fourth-order valence-corrected chi connectivity index (χ4v) is 0. The van der Waals surface area contributed by atoms with E-state index in [0.29, 0.717) is 0 Å². The van der Waals surface area contributed by atoms with Crippen LogP contribution in [0, 0.1) is 11.2 Å². The van der Waals surface area contributed by atoms with Gasteiger partial charge in [0.1, 0.15) is 6.79 Å². The van der Waals surface area contributed by atoms with Gasteiger partial charge in [-0.2, -0.15) is 5.97 Å². The molecule has 0 N–H and O–H groups in total. The Balaban J connectivity index is -0.0000000275. The zero-order chi connectivity index (χ0) is 4.71. The summed E-state index contributed by atoms with van der Waals surface area (Å²) >= 11 is 0. The number of hydrogen-bond acceptors (Lipinski definition) is 2. The number of carbonyl (C=O) groups is 1. The zero-order valence-electron chi connectivity index (χ0n) is 3.06. The van der Waals surface area contributed by atoms with Gasteiger partial charge in [-0.3, -0.25) is 5.26 Å². The van der Waals surface area contributed by atoms with Gasteiger partial charge in [-0.15, -0.1) is 0 Å². The number of nitriles is 1. The van der Waals surface area contributed by atoms with Crippen molar-refractivity contribution in [1.82, 2.24) is 0 Å². The Morgan fingerprint density at radius 3 is 1.67 bits per heavy atom. The van der Waals surface area contributed by atoms with Crippen LogP contribution in [-0.2, 0) is 4.79 Å². The molecule has 0 amide bonds. The molecule has 0 spiro atoms. The number of carbonyl (C=O) groups excluding carboxylic acids is 1. The van der Waals surface area contributed by atoms with E-state index < -0.39 is 0 Å². The molecule has 0 aliphatic heterocycles. The van der Waals surface area contributed by atoms with Gasteiger partial charge in [-0.25, -0.2) is 0 Å². The summed E-state index contributed by atoms with van der Waals surface area (Å²) in [6.45, 7) is 2.00. The molecule has 0 atom stereocenters. The van der Waals surface area contributed by atoms with Crippen LogP contribution in [0.3, 0.4) is 0 Å². The van der Waals surface area contributed by atoms with Gasteiger partial charge in [0.25, 0.3) is 0 Å². The summed E-state index contributed by atoms with van der Waals surface area (Å²) in [5, 5.41) is 7.43. The van der Waals surface area contributed by atoms with Crippen LogP contribution in [-0.4, -0.2) is 14.6 Å². The van der Waals surface area contributed by atoms with Crippen LogP contribution in [0.15, 0.2) is 0 Å². The minimum atomic E-state index is 0. The molecular formula is C2H5BNNaO. The first kappa shape index (κ1) is 16.3. The monoisotopic (exact) mass is 93.0 g/mol. The molecule has 0 unspecified atom stereocenters. The van der Waals surface area contributed by atoms with E-state index in [2.05, 4.69) is 0 Å². The van der Waals surface area contributed by atoms with Crippen molar-refractivity contribution < 1.29 is 34.4 Å². The van der Waals surface area contributed by atoms with Gasteiger partial charge in [0.2, 0.25) is 0 Å². The maximum absolute atomic E-state index is 8.00. The van der Waals surface area contributed by atoms with Crippen molar-refractivity contribution in [2.24, 2.45) is 0 Å². The van der Waals surface area contributed by atoms with Crippen molar-refractivity contribution in [2.45, 2.75) is 0 Å². The summed E-state index contributed by atoms with van der Waals surface area (Å²) in [7, 11) is 0.0694. The predicted octanol–water partition coefficient (Wildman–Crippen LogP) is -4.35. The van der Waals surface area contributed by atoms with Crippen molar-refractivity contribution in [3.05, 3.63) is 0 Å². The fraction of sp³-hybridized carbons (Fsp3) is 0. The van der Waals surface area contributed by atoms with E-state index in [1.165, 1.54) is 0 Å². The Labute approximate surface area is 60.2 Å². The largest absolute Gasteiger partial charge is 1.00 e. The second-order valence-electron chi connectivity index (χ2n) is 0. The van der Waals surface area contributed by atoms with E-state index >= 15 is 0 Å². The van der Waals surface area contributed by atoms with E-state index in [9.17, 15) is 0 Å². The smallest absolute Gasteiger partial charge is 0.307 e. The number of rotatable bonds is 0. The second kappa shape index (κ2) is 62.2. The standard InChI is InChI=1S/CH3BN.CH2O.Na/c2-1-3;1-2;/h2H3;1H2;/q-1;;+1. The third-order valence-electron chi connectivity index (χ3n) is 0. The molecule has 0 bridgehead atoms. The summed E-state index contributed by atoms with van der Waals surface area (Å²) in [6.07, 6.45) is 0. The van der Waals surface area contributed by atoms with Crippen LogP contribution in [0.1, 0.15) is 0 Å². The predicted molar refractivity (Wildman–Crippen MR) is 22.7 cm³/mol. The average molecular weight is 92.9 g/mol. The van der Waals surface area contributed by atoms with Crippen LogP contribution in [0.5, 0.6) is 0 Å². The SMILES string of the molecule is C=O.[BH3-]C#N.[Na+]. The number of nitrogens with zero attached hydrogens (tertiary/aromatic N) is 1. The fourth-order valence-electron chi connectivity index (χ4n) is 0. The first-order valence-electron chi connectivity index (χ1n) is 0.512. The van der Waals surface area contributed by atoms with Crippen molar-refractivity contribution in [3.63, 3.8) is 0 Å². The van der Waals surface area contributed by atoms with Crippen molar-refractivity contribution in [2.75, 3.05) is 0 Å². The van der Waals surface area contributed by atoms with Crippen molar-refractivity contribution >= 4 is 14.6 Å². The first-order valence-corrected chi connectivity index (χ1v) is 0.512. The molecule has 0 saturated carbocycles. The van der Waals surface area contributed by atoms with Gasteiger partial charge in [0.05, 0.1) is 7.85 Å². The third kappa shape index (κ3) is 868. The molecule has 6 heavy (non-hydrogen) atoms. The molecular weight excluding hydrogens is 87.8 g/mol. The summed E-state index contributed by atoms with van der Waals surface area (Å²) in [4.78, 5) is 8.00. The van der Waals surface area contributed by atoms with Gasteiger partial charge in [0, 0.05) is 0 Å². The molecule has 0 heterocycles. The Hall–Kier alpha value is 0.225. The molecule has 0 saturated heterocycles. The van der Waals surface area contributed by atoms with E-state index in [0.717, 1.165) is 0 Å². The molecule has 0 aromatic rings. The summed E-state index contributed by atoms with van der Waals surface area (Å²) in [5.41, 5.74) is 0. The summed E-state index contributed by atoms with van der Waals surface area (Å²) in [6, 6.07) is 0. The maximum Gasteiger partial charge on any atom is 1.00 e. The molecule has 0 aromatic carbocycles. The van der Waals surface area contributed by atoms with Crippen LogP contribution in [0.4, 0.5) is 0 Å². The van der Waals surface area contributed by atoms with E-state index in [1.54, 1.807) is 0 Å². The Kier molecular flexibility index (Phi) is 169. The maximum atomic E-state index is 8.00. The quantitative estimate of drug-likeness (QED) is 0.284. The minimum absolute atomic E-state index is 0. The second-order valence-corrected chi connectivity index (χ2v) is 0. The van der Waals surface area contributed by atoms with Gasteiger partial charge in [0.15, 0.2) is 0 Å². The normalized spacial score (nSPS) is 2.00. The van der Waals surface area contributed by atoms with Gasteiger partial charge in [-0.05, 0) is 0 Å². The first-order chi connectivity index (χ1) is 2.41. The van der Waals surface area contributed by atoms with Crippen molar-refractivity contribution in [1.29, 1.82) is 5.26 Å². The van der Waals surface area contributed by atoms with E-state index in [4.69, 9.17) is 10.1 Å². The number of hydrogen-bond donors (Lipinski definition) is 0. The Bertz CT molecular complexity index is 43.3. The van der Waals surface area contributed by atoms with Crippen LogP contribution < -0.4 is 29.6 Å². The summed E-state index contributed by atoms with van der Waals surface area (Å²) < 4.78 is 0. The molecule has 28 valence electrons. The molecule has 0 radical (unpaired) electrons. The van der Waals surface area contributed by atoms with Crippen molar-refractivity contribution in [3.8, 4) is 5.97 Å². The summed E-state index contributed by atoms with van der Waals surface area (Å²) in [5.74, 6) is 2.00. The zero-order valence-corrected chi connectivity index (χ0v) is 5.06. The molecule has 0 fully saturated rings. The van der Waals surface area contributed by atoms with Crippen LogP contribution in [0.2, 0.25) is 0 Å². The molecule has 2 nitrogen and oxygen atoms in total.